The Morgan fingerprint density at radius 3 is 2.42 bits per heavy atom. The summed E-state index contributed by atoms with van der Waals surface area (Å²) < 4.78 is 13.5. The van der Waals surface area contributed by atoms with Gasteiger partial charge in [0.05, 0.1) is 17.3 Å². The number of likely N-dealkylation sites (tertiary alicyclic amines) is 1. The number of ether oxygens (including phenoxy) is 2. The molecule has 1 aliphatic rings. The van der Waals surface area contributed by atoms with E-state index in [2.05, 4.69) is 4.98 Å². The first-order chi connectivity index (χ1) is 15.6. The first-order valence-corrected chi connectivity index (χ1v) is 11.1. The van der Waals surface area contributed by atoms with Crippen molar-refractivity contribution in [2.24, 2.45) is 0 Å². The van der Waals surface area contributed by atoms with E-state index < -0.39 is 11.6 Å². The smallest absolute Gasteiger partial charge is 0.410 e. The van der Waals surface area contributed by atoms with Crippen LogP contribution in [0.15, 0.2) is 42.6 Å². The van der Waals surface area contributed by atoms with Gasteiger partial charge in [0.1, 0.15) is 23.3 Å². The number of benzene rings is 1. The second-order valence-corrected chi connectivity index (χ2v) is 9.34. The van der Waals surface area contributed by atoms with Crippen molar-refractivity contribution in [2.75, 3.05) is 13.1 Å². The summed E-state index contributed by atoms with van der Waals surface area (Å²) in [6.45, 7) is 8.75. The molecule has 1 amide bonds. The highest BCUT2D eigenvalue weighted by Crippen LogP contribution is 2.26. The van der Waals surface area contributed by atoms with Crippen molar-refractivity contribution in [3.8, 4) is 11.6 Å². The Hall–Kier alpha value is -3.55. The van der Waals surface area contributed by atoms with Gasteiger partial charge in [0, 0.05) is 37.0 Å². The lowest BCUT2D eigenvalue weighted by molar-refractivity contribution is 0.0126. The molecule has 1 N–H and O–H groups in total. The van der Waals surface area contributed by atoms with Crippen molar-refractivity contribution >= 4 is 23.0 Å². The van der Waals surface area contributed by atoms with E-state index in [1.54, 1.807) is 29.3 Å². The maximum absolute atomic E-state index is 12.2. The van der Waals surface area contributed by atoms with Crippen LogP contribution < -0.4 is 4.74 Å². The number of carboxylic acids is 1. The van der Waals surface area contributed by atoms with Crippen LogP contribution in [0.25, 0.3) is 16.7 Å². The topological polar surface area (TPSA) is 93.9 Å². The van der Waals surface area contributed by atoms with E-state index in [-0.39, 0.29) is 17.8 Å². The molecule has 0 saturated carbocycles. The Bertz CT molecular complexity index is 1170. The maximum Gasteiger partial charge on any atom is 0.410 e. The number of aromatic nitrogens is 2. The lowest BCUT2D eigenvalue weighted by atomic mass is 10.1. The maximum atomic E-state index is 12.2. The Morgan fingerprint density at radius 1 is 1.09 bits per heavy atom. The summed E-state index contributed by atoms with van der Waals surface area (Å²) in [5.41, 5.74) is 1.62. The zero-order chi connectivity index (χ0) is 23.8. The summed E-state index contributed by atoms with van der Waals surface area (Å²) >= 11 is 0. The predicted molar refractivity (Wildman–Crippen MR) is 124 cm³/mol. The molecule has 1 saturated heterocycles. The number of carbonyl (C=O) groups excluding carboxylic acids is 1. The lowest BCUT2D eigenvalue weighted by Crippen LogP contribution is -2.44. The molecule has 0 radical (unpaired) electrons. The summed E-state index contributed by atoms with van der Waals surface area (Å²) in [6, 6.07) is 10.8. The normalized spacial score (nSPS) is 15.0. The van der Waals surface area contributed by atoms with Crippen LogP contribution in [0.2, 0.25) is 0 Å². The Balaban J connectivity index is 1.41. The molecule has 4 rings (SSSR count). The molecule has 174 valence electrons. The third-order valence-electron chi connectivity index (χ3n) is 5.58. The van der Waals surface area contributed by atoms with Crippen molar-refractivity contribution in [3.05, 3.63) is 53.9 Å². The Morgan fingerprint density at radius 2 is 1.82 bits per heavy atom. The highest BCUT2D eigenvalue weighted by Gasteiger charge is 2.27. The third kappa shape index (κ3) is 5.10. The zero-order valence-electron chi connectivity index (χ0n) is 19.4. The molecule has 2 aromatic heterocycles. The molecule has 0 spiro atoms. The van der Waals surface area contributed by atoms with E-state index in [1.807, 2.05) is 50.5 Å². The fourth-order valence-electron chi connectivity index (χ4n) is 4.04. The van der Waals surface area contributed by atoms with Gasteiger partial charge in [0.25, 0.3) is 0 Å². The average molecular weight is 452 g/mol. The van der Waals surface area contributed by atoms with E-state index in [9.17, 15) is 14.7 Å². The van der Waals surface area contributed by atoms with Gasteiger partial charge in [-0.05, 0) is 64.1 Å². The molecule has 8 nitrogen and oxygen atoms in total. The minimum atomic E-state index is -0.946. The van der Waals surface area contributed by atoms with Gasteiger partial charge in [-0.2, -0.15) is 0 Å². The van der Waals surface area contributed by atoms with Crippen LogP contribution in [-0.4, -0.2) is 56.4 Å². The number of nitrogens with zero attached hydrogens (tertiary/aromatic N) is 3. The van der Waals surface area contributed by atoms with Crippen LogP contribution in [0.1, 0.15) is 49.7 Å². The summed E-state index contributed by atoms with van der Waals surface area (Å²) in [5.74, 6) is 0.466. The quantitative estimate of drug-likeness (QED) is 0.612. The van der Waals surface area contributed by atoms with Crippen LogP contribution in [0.4, 0.5) is 4.79 Å². The summed E-state index contributed by atoms with van der Waals surface area (Å²) in [7, 11) is 0. The molecule has 3 aromatic rings. The molecule has 33 heavy (non-hydrogen) atoms. The van der Waals surface area contributed by atoms with Gasteiger partial charge in [-0.1, -0.05) is 0 Å². The van der Waals surface area contributed by atoms with Crippen LogP contribution in [0.3, 0.4) is 0 Å². The van der Waals surface area contributed by atoms with Crippen molar-refractivity contribution < 1.29 is 24.2 Å². The second-order valence-electron chi connectivity index (χ2n) is 9.34. The first-order valence-electron chi connectivity index (χ1n) is 11.1. The van der Waals surface area contributed by atoms with Crippen LogP contribution in [0, 0.1) is 6.92 Å². The molecule has 0 aliphatic carbocycles. The fourth-order valence-corrected chi connectivity index (χ4v) is 4.04. The van der Waals surface area contributed by atoms with Crippen molar-refractivity contribution in [2.45, 2.75) is 52.2 Å². The number of aryl methyl sites for hydroxylation is 1. The number of amides is 1. The summed E-state index contributed by atoms with van der Waals surface area (Å²) in [5, 5.41) is 10.1. The number of piperidine rings is 1. The zero-order valence-corrected chi connectivity index (χ0v) is 19.4. The number of hydrogen-bond donors (Lipinski definition) is 1. The molecule has 3 heterocycles. The number of carboxylic acid groups (broad SMARTS) is 1. The second kappa shape index (κ2) is 8.77. The lowest BCUT2D eigenvalue weighted by Gasteiger charge is -2.33. The molecule has 1 aromatic carbocycles. The molecule has 1 fully saturated rings. The van der Waals surface area contributed by atoms with Crippen molar-refractivity contribution in [1.29, 1.82) is 0 Å². The standard InChI is InChI=1S/C25H29N3O5/c1-16-13-18-14-17(23(29)30)5-7-21(18)28(16)22-8-6-20(15-26-22)32-19-9-11-27(12-10-19)24(31)33-25(2,3)4/h5-8,13-15,19H,9-12H2,1-4H3,(H,29,30). The number of fused-ring (bicyclic) bond motifs is 1. The van der Waals surface area contributed by atoms with E-state index in [0.717, 1.165) is 35.3 Å². The monoisotopic (exact) mass is 451 g/mol. The van der Waals surface area contributed by atoms with E-state index in [4.69, 9.17) is 9.47 Å². The fraction of sp³-hybridized carbons (Fsp3) is 0.400. The summed E-state index contributed by atoms with van der Waals surface area (Å²) in [6.07, 6.45) is 2.89. The predicted octanol–water partition coefficient (Wildman–Crippen LogP) is 4.81. The first kappa shape index (κ1) is 22.6. The molecule has 8 heteroatoms. The van der Waals surface area contributed by atoms with Gasteiger partial charge < -0.3 is 19.5 Å². The number of hydrogen-bond acceptors (Lipinski definition) is 5. The SMILES string of the molecule is Cc1cc2cc(C(=O)O)ccc2n1-c1ccc(OC2CCN(C(=O)OC(C)(C)C)CC2)cn1. The highest BCUT2D eigenvalue weighted by molar-refractivity contribution is 5.94. The number of rotatable bonds is 4. The van der Waals surface area contributed by atoms with Gasteiger partial charge in [0.2, 0.25) is 0 Å². The van der Waals surface area contributed by atoms with Gasteiger partial charge in [-0.15, -0.1) is 0 Å². The minimum Gasteiger partial charge on any atom is -0.489 e. The van der Waals surface area contributed by atoms with Crippen molar-refractivity contribution in [3.63, 3.8) is 0 Å². The third-order valence-corrected chi connectivity index (χ3v) is 5.58. The molecular weight excluding hydrogens is 422 g/mol. The van der Waals surface area contributed by atoms with E-state index in [1.165, 1.54) is 0 Å². The molecular formula is C25H29N3O5. The average Bonchev–Trinajstić information content (AvgIpc) is 3.08. The molecule has 0 bridgehead atoms. The van der Waals surface area contributed by atoms with Gasteiger partial charge in [-0.25, -0.2) is 14.6 Å². The van der Waals surface area contributed by atoms with Crippen molar-refractivity contribution in [1.82, 2.24) is 14.5 Å². The van der Waals surface area contributed by atoms with Gasteiger partial charge in [-0.3, -0.25) is 4.57 Å². The van der Waals surface area contributed by atoms with E-state index in [0.29, 0.717) is 18.8 Å². The highest BCUT2D eigenvalue weighted by atomic mass is 16.6. The van der Waals surface area contributed by atoms with Gasteiger partial charge >= 0.3 is 12.1 Å². The minimum absolute atomic E-state index is 0.0138. The largest absolute Gasteiger partial charge is 0.489 e. The molecule has 0 unspecified atom stereocenters. The Kier molecular flexibility index (Phi) is 6.01. The summed E-state index contributed by atoms with van der Waals surface area (Å²) in [4.78, 5) is 29.8. The number of aromatic carboxylic acids is 1. The van der Waals surface area contributed by atoms with Gasteiger partial charge in [0.15, 0.2) is 0 Å². The van der Waals surface area contributed by atoms with E-state index >= 15 is 0 Å². The van der Waals surface area contributed by atoms with Crippen LogP contribution >= 0.6 is 0 Å². The molecule has 0 atom stereocenters. The van der Waals surface area contributed by atoms with Crippen LogP contribution in [-0.2, 0) is 4.74 Å². The van der Waals surface area contributed by atoms with Crippen LogP contribution in [0.5, 0.6) is 5.75 Å². The number of carbonyl (C=O) groups is 2. The number of pyridine rings is 1. The Labute approximate surface area is 192 Å². The molecule has 1 aliphatic heterocycles.